The maximum atomic E-state index is 10.6. The van der Waals surface area contributed by atoms with Gasteiger partial charge in [0.1, 0.15) is 0 Å². The molecule has 0 aliphatic rings. The second-order valence-corrected chi connectivity index (χ2v) is 4.40. The number of imidazole rings is 1. The number of carbonyl (C=O) groups is 1. The number of nitrogens with zero attached hydrogens (tertiary/aromatic N) is 5. The van der Waals surface area contributed by atoms with Crippen molar-refractivity contribution in [3.8, 4) is 0 Å². The number of carboxylic acid groups (broad SMARTS) is 1. The second-order valence-electron chi connectivity index (χ2n) is 3.34. The van der Waals surface area contributed by atoms with Crippen LogP contribution in [0.2, 0.25) is 0 Å². The Hall–Kier alpha value is -1.83. The summed E-state index contributed by atoms with van der Waals surface area (Å²) < 4.78 is 3.44. The van der Waals surface area contributed by atoms with E-state index < -0.39 is 5.97 Å². The minimum Gasteiger partial charge on any atom is -0.476 e. The third-order valence-electron chi connectivity index (χ3n) is 2.09. The summed E-state index contributed by atoms with van der Waals surface area (Å²) in [5.41, 5.74) is -0.0352. The highest BCUT2D eigenvalue weighted by molar-refractivity contribution is 7.99. The molecule has 0 bridgehead atoms. The molecule has 7 nitrogen and oxygen atoms in total. The largest absolute Gasteiger partial charge is 0.476 e. The Bertz CT molecular complexity index is 521. The van der Waals surface area contributed by atoms with E-state index in [4.69, 9.17) is 5.11 Å². The van der Waals surface area contributed by atoms with Crippen LogP contribution in [0, 0.1) is 0 Å². The predicted octanol–water partition coefficient (Wildman–Crippen LogP) is 0.502. The monoisotopic (exact) mass is 253 g/mol. The van der Waals surface area contributed by atoms with Crippen LogP contribution in [0.1, 0.15) is 10.5 Å². The van der Waals surface area contributed by atoms with Crippen molar-refractivity contribution >= 4 is 17.7 Å². The van der Waals surface area contributed by atoms with Crippen LogP contribution in [-0.2, 0) is 13.6 Å². The standard InChI is InChI=1S/C9H11N5O2S/c1-13-3-2-10-9(13)17-5-4-14-6-7(8(15)16)11-12-14/h2-3,6H,4-5H2,1H3,(H,15,16). The molecule has 0 atom stereocenters. The van der Waals surface area contributed by atoms with Gasteiger partial charge in [0.25, 0.3) is 0 Å². The van der Waals surface area contributed by atoms with Crippen LogP contribution >= 0.6 is 11.8 Å². The molecule has 0 radical (unpaired) electrons. The Morgan fingerprint density at radius 3 is 3.00 bits per heavy atom. The Labute approximate surface area is 101 Å². The summed E-state index contributed by atoms with van der Waals surface area (Å²) in [7, 11) is 1.92. The van der Waals surface area contributed by atoms with Gasteiger partial charge in [0, 0.05) is 25.2 Å². The quantitative estimate of drug-likeness (QED) is 0.781. The number of thioether (sulfide) groups is 1. The fraction of sp³-hybridized carbons (Fsp3) is 0.333. The van der Waals surface area contributed by atoms with E-state index in [0.29, 0.717) is 6.54 Å². The van der Waals surface area contributed by atoms with Crippen molar-refractivity contribution in [1.82, 2.24) is 24.5 Å². The number of hydrogen-bond acceptors (Lipinski definition) is 5. The van der Waals surface area contributed by atoms with E-state index in [1.54, 1.807) is 18.0 Å². The molecule has 1 N–H and O–H groups in total. The molecule has 2 aromatic heterocycles. The molecule has 0 spiro atoms. The SMILES string of the molecule is Cn1ccnc1SCCn1cc(C(=O)O)nn1. The molecule has 2 aromatic rings. The van der Waals surface area contributed by atoms with Crippen molar-refractivity contribution in [3.05, 3.63) is 24.3 Å². The first-order chi connectivity index (χ1) is 8.16. The first-order valence-corrected chi connectivity index (χ1v) is 5.89. The van der Waals surface area contributed by atoms with Gasteiger partial charge in [0.15, 0.2) is 10.9 Å². The van der Waals surface area contributed by atoms with Gasteiger partial charge in [0.2, 0.25) is 0 Å². The van der Waals surface area contributed by atoms with Gasteiger partial charge in [-0.05, 0) is 0 Å². The molecule has 0 saturated carbocycles. The van der Waals surface area contributed by atoms with Gasteiger partial charge in [-0.3, -0.25) is 4.68 Å². The third kappa shape index (κ3) is 2.84. The van der Waals surface area contributed by atoms with E-state index >= 15 is 0 Å². The number of rotatable bonds is 5. The molecule has 0 saturated heterocycles. The molecular formula is C9H11N5O2S. The summed E-state index contributed by atoms with van der Waals surface area (Å²) in [6.07, 6.45) is 5.03. The summed E-state index contributed by atoms with van der Waals surface area (Å²) in [5.74, 6) is -0.305. The third-order valence-corrected chi connectivity index (χ3v) is 3.12. The Balaban J connectivity index is 1.86. The molecule has 0 aliphatic heterocycles. The lowest BCUT2D eigenvalue weighted by molar-refractivity contribution is 0.0690. The first kappa shape index (κ1) is 11.6. The van der Waals surface area contributed by atoms with Gasteiger partial charge in [-0.15, -0.1) is 5.10 Å². The average Bonchev–Trinajstić information content (AvgIpc) is 2.89. The zero-order valence-electron chi connectivity index (χ0n) is 9.15. The Morgan fingerprint density at radius 1 is 1.59 bits per heavy atom. The van der Waals surface area contributed by atoms with E-state index in [2.05, 4.69) is 15.3 Å². The van der Waals surface area contributed by atoms with E-state index in [0.717, 1.165) is 10.9 Å². The molecule has 0 aromatic carbocycles. The highest BCUT2D eigenvalue weighted by atomic mass is 32.2. The van der Waals surface area contributed by atoms with Crippen molar-refractivity contribution < 1.29 is 9.90 Å². The van der Waals surface area contributed by atoms with Gasteiger partial charge >= 0.3 is 5.97 Å². The van der Waals surface area contributed by atoms with Crippen molar-refractivity contribution in [2.45, 2.75) is 11.7 Å². The lowest BCUT2D eigenvalue weighted by Gasteiger charge is -2.01. The Kier molecular flexibility index (Phi) is 3.43. The minimum atomic E-state index is -1.06. The molecule has 2 rings (SSSR count). The van der Waals surface area contributed by atoms with Crippen LogP contribution in [0.5, 0.6) is 0 Å². The molecule has 8 heteroatoms. The van der Waals surface area contributed by atoms with Crippen LogP contribution in [0.15, 0.2) is 23.7 Å². The number of hydrogen-bond donors (Lipinski definition) is 1. The van der Waals surface area contributed by atoms with Crippen molar-refractivity contribution in [2.75, 3.05) is 5.75 Å². The van der Waals surface area contributed by atoms with Gasteiger partial charge in [0.05, 0.1) is 12.7 Å². The summed E-state index contributed by atoms with van der Waals surface area (Å²) in [6.45, 7) is 0.595. The maximum absolute atomic E-state index is 10.6. The van der Waals surface area contributed by atoms with Gasteiger partial charge in [-0.25, -0.2) is 9.78 Å². The Morgan fingerprint density at radius 2 is 2.41 bits per heavy atom. The van der Waals surface area contributed by atoms with Crippen LogP contribution in [0.4, 0.5) is 0 Å². The lowest BCUT2D eigenvalue weighted by atomic mass is 10.5. The van der Waals surface area contributed by atoms with E-state index in [-0.39, 0.29) is 5.69 Å². The van der Waals surface area contributed by atoms with Crippen LogP contribution in [-0.4, -0.2) is 41.4 Å². The fourth-order valence-electron chi connectivity index (χ4n) is 1.23. The summed E-state index contributed by atoms with van der Waals surface area (Å²) in [5, 5.41) is 16.9. The highest BCUT2D eigenvalue weighted by Crippen LogP contribution is 2.14. The molecule has 0 amide bonds. The lowest BCUT2D eigenvalue weighted by Crippen LogP contribution is -2.02. The molecular weight excluding hydrogens is 242 g/mol. The fourth-order valence-corrected chi connectivity index (χ4v) is 2.09. The van der Waals surface area contributed by atoms with Crippen LogP contribution in [0.3, 0.4) is 0 Å². The molecule has 17 heavy (non-hydrogen) atoms. The predicted molar refractivity (Wildman–Crippen MR) is 60.9 cm³/mol. The molecule has 2 heterocycles. The first-order valence-electron chi connectivity index (χ1n) is 4.90. The number of carboxylic acids is 1. The van der Waals surface area contributed by atoms with Gasteiger partial charge < -0.3 is 9.67 Å². The normalized spacial score (nSPS) is 10.6. The topological polar surface area (TPSA) is 85.8 Å². The van der Waals surface area contributed by atoms with E-state index in [1.165, 1.54) is 10.9 Å². The van der Waals surface area contributed by atoms with Crippen molar-refractivity contribution in [1.29, 1.82) is 0 Å². The summed E-state index contributed by atoms with van der Waals surface area (Å²) in [4.78, 5) is 14.8. The molecule has 0 unspecified atom stereocenters. The minimum absolute atomic E-state index is 0.0352. The van der Waals surface area contributed by atoms with Crippen molar-refractivity contribution in [3.63, 3.8) is 0 Å². The van der Waals surface area contributed by atoms with Gasteiger partial charge in [-0.2, -0.15) is 0 Å². The van der Waals surface area contributed by atoms with Crippen molar-refractivity contribution in [2.24, 2.45) is 7.05 Å². The number of aromatic carboxylic acids is 1. The summed E-state index contributed by atoms with van der Waals surface area (Å²) >= 11 is 1.58. The van der Waals surface area contributed by atoms with E-state index in [9.17, 15) is 4.79 Å². The van der Waals surface area contributed by atoms with Gasteiger partial charge in [-0.1, -0.05) is 17.0 Å². The number of aryl methyl sites for hydroxylation is 2. The smallest absolute Gasteiger partial charge is 0.358 e. The van der Waals surface area contributed by atoms with Crippen LogP contribution < -0.4 is 0 Å². The molecule has 0 fully saturated rings. The van der Waals surface area contributed by atoms with E-state index in [1.807, 2.05) is 17.8 Å². The average molecular weight is 253 g/mol. The second kappa shape index (κ2) is 5.00. The highest BCUT2D eigenvalue weighted by Gasteiger charge is 2.08. The zero-order chi connectivity index (χ0) is 12.3. The molecule has 0 aliphatic carbocycles. The number of aromatic nitrogens is 5. The molecule has 90 valence electrons. The summed E-state index contributed by atoms with van der Waals surface area (Å²) in [6, 6.07) is 0. The maximum Gasteiger partial charge on any atom is 0.358 e. The van der Waals surface area contributed by atoms with Crippen LogP contribution in [0.25, 0.3) is 0 Å². The zero-order valence-corrected chi connectivity index (χ0v) is 9.96.